The van der Waals surface area contributed by atoms with Crippen LogP contribution in [0.1, 0.15) is 26.8 Å². The summed E-state index contributed by atoms with van der Waals surface area (Å²) in [6.45, 7) is 0.651. The second-order valence-electron chi connectivity index (χ2n) is 6.75. The Morgan fingerprint density at radius 3 is 2.90 bits per heavy atom. The van der Waals surface area contributed by atoms with Gasteiger partial charge in [0.1, 0.15) is 10.8 Å². The molecule has 0 spiro atoms. The van der Waals surface area contributed by atoms with Gasteiger partial charge in [-0.2, -0.15) is 5.10 Å². The predicted octanol–water partition coefficient (Wildman–Crippen LogP) is 1.97. The van der Waals surface area contributed by atoms with E-state index in [1.165, 1.54) is 17.4 Å². The summed E-state index contributed by atoms with van der Waals surface area (Å²) in [4.78, 5) is 20.6. The molecule has 156 valence electrons. The molecule has 0 atom stereocenters. The summed E-state index contributed by atoms with van der Waals surface area (Å²) in [7, 11) is 3.67. The van der Waals surface area contributed by atoms with E-state index in [-0.39, 0.29) is 0 Å². The lowest BCUT2D eigenvalue weighted by Gasteiger charge is -2.12. The molecule has 0 saturated heterocycles. The molecule has 3 aromatic rings. The average molecular weight is 425 g/mol. The van der Waals surface area contributed by atoms with Gasteiger partial charge in [0, 0.05) is 56.7 Å². The van der Waals surface area contributed by atoms with Gasteiger partial charge >= 0.3 is 0 Å². The number of aldehydes is 1. The minimum Gasteiger partial charge on any atom is -0.402 e. The van der Waals surface area contributed by atoms with Crippen LogP contribution in [-0.2, 0) is 19.9 Å². The lowest BCUT2D eigenvalue weighted by Crippen LogP contribution is -2.16. The molecule has 0 aliphatic carbocycles. The SMILES string of the molecule is CN(CCc1cccc(N)n1)/N=C\c1c(C=O)n(C)c2nc(CC(N)=CC=N)sc12. The van der Waals surface area contributed by atoms with E-state index in [9.17, 15) is 4.79 Å². The normalized spacial score (nSPS) is 12.0. The number of aromatic nitrogens is 3. The Kier molecular flexibility index (Phi) is 6.58. The number of nitrogens with two attached hydrogens (primary N) is 2. The zero-order chi connectivity index (χ0) is 21.7. The molecule has 30 heavy (non-hydrogen) atoms. The molecule has 0 saturated carbocycles. The number of pyridine rings is 1. The Morgan fingerprint density at radius 1 is 1.40 bits per heavy atom. The number of thiazole rings is 1. The predicted molar refractivity (Wildman–Crippen MR) is 121 cm³/mol. The summed E-state index contributed by atoms with van der Waals surface area (Å²) in [5.41, 5.74) is 15.0. The summed E-state index contributed by atoms with van der Waals surface area (Å²) in [5, 5.41) is 14.2. The third-order valence-corrected chi connectivity index (χ3v) is 5.60. The lowest BCUT2D eigenvalue weighted by atomic mass is 10.2. The van der Waals surface area contributed by atoms with E-state index < -0.39 is 0 Å². The van der Waals surface area contributed by atoms with E-state index >= 15 is 0 Å². The fraction of sp³-hybridized carbons (Fsp3) is 0.250. The Bertz CT molecular complexity index is 1130. The van der Waals surface area contributed by atoms with E-state index in [1.54, 1.807) is 28.9 Å². The van der Waals surface area contributed by atoms with Crippen molar-refractivity contribution in [2.45, 2.75) is 12.8 Å². The number of allylic oxidation sites excluding steroid dienone is 2. The minimum absolute atomic E-state index is 0.453. The molecule has 0 fully saturated rings. The van der Waals surface area contributed by atoms with Gasteiger partial charge in [0.15, 0.2) is 11.9 Å². The summed E-state index contributed by atoms with van der Waals surface area (Å²) < 4.78 is 2.64. The molecule has 9 nitrogen and oxygen atoms in total. The standard InChI is InChI=1S/C20H24N8OS/c1-27(9-7-14-4-3-5-17(23)25-14)24-11-15-16(12-29)28(2)20-19(15)30-18(26-20)10-13(22)6-8-21/h3-6,8,11-12,21H,7,9-10,22H2,1-2H3,(H2,23,25)/b13-6?,21-8?,24-11-. The number of nitrogens with one attached hydrogen (secondary N) is 1. The van der Waals surface area contributed by atoms with Crippen LogP contribution in [0.15, 0.2) is 35.1 Å². The van der Waals surface area contributed by atoms with Gasteiger partial charge in [-0.15, -0.1) is 11.3 Å². The molecule has 3 rings (SSSR count). The first kappa shape index (κ1) is 21.2. The van der Waals surface area contributed by atoms with Gasteiger partial charge in [-0.3, -0.25) is 9.80 Å². The van der Waals surface area contributed by atoms with E-state index in [2.05, 4.69) is 15.1 Å². The first-order valence-corrected chi connectivity index (χ1v) is 10.1. The molecular formula is C20H24N8OS. The molecule has 0 bridgehead atoms. The van der Waals surface area contributed by atoms with Gasteiger partial charge in [0.05, 0.1) is 16.6 Å². The Balaban J connectivity index is 1.80. The number of carbonyl (C=O) groups is 1. The molecule has 0 unspecified atom stereocenters. The number of hydrogen-bond acceptors (Lipinski definition) is 9. The maximum atomic E-state index is 11.7. The van der Waals surface area contributed by atoms with E-state index in [1.807, 2.05) is 19.2 Å². The average Bonchev–Trinajstić information content (AvgIpc) is 3.22. The van der Waals surface area contributed by atoms with Gasteiger partial charge in [0.2, 0.25) is 0 Å². The largest absolute Gasteiger partial charge is 0.402 e. The fourth-order valence-corrected chi connectivity index (χ4v) is 4.13. The van der Waals surface area contributed by atoms with Gasteiger partial charge in [0.25, 0.3) is 0 Å². The second-order valence-corrected chi connectivity index (χ2v) is 7.83. The van der Waals surface area contributed by atoms with Crippen molar-refractivity contribution in [3.05, 3.63) is 51.9 Å². The van der Waals surface area contributed by atoms with Gasteiger partial charge in [-0.25, -0.2) is 9.97 Å². The fourth-order valence-electron chi connectivity index (χ4n) is 2.98. The van der Waals surface area contributed by atoms with Gasteiger partial charge in [-0.1, -0.05) is 6.07 Å². The van der Waals surface area contributed by atoms with Crippen molar-refractivity contribution in [3.63, 3.8) is 0 Å². The lowest BCUT2D eigenvalue weighted by molar-refractivity contribution is 0.111. The van der Waals surface area contributed by atoms with Crippen LogP contribution in [0.2, 0.25) is 0 Å². The van der Waals surface area contributed by atoms with Crippen molar-refractivity contribution in [1.29, 1.82) is 5.41 Å². The number of hydrogen-bond donors (Lipinski definition) is 3. The molecule has 3 heterocycles. The highest BCUT2D eigenvalue weighted by atomic mass is 32.1. The first-order chi connectivity index (χ1) is 14.4. The van der Waals surface area contributed by atoms with Crippen LogP contribution in [0.4, 0.5) is 5.82 Å². The highest BCUT2D eigenvalue weighted by molar-refractivity contribution is 7.19. The number of nitrogens with zero attached hydrogens (tertiary/aromatic N) is 5. The molecule has 5 N–H and O–H groups in total. The third-order valence-electron chi connectivity index (χ3n) is 4.52. The quantitative estimate of drug-likeness (QED) is 0.273. The number of nitrogen functional groups attached to an aromatic ring is 1. The smallest absolute Gasteiger partial charge is 0.167 e. The number of rotatable bonds is 9. The Labute approximate surface area is 178 Å². The van der Waals surface area contributed by atoms with Crippen LogP contribution in [0.5, 0.6) is 0 Å². The van der Waals surface area contributed by atoms with Crippen molar-refractivity contribution < 1.29 is 4.79 Å². The highest BCUT2D eigenvalue weighted by Gasteiger charge is 2.18. The van der Waals surface area contributed by atoms with Crippen molar-refractivity contribution in [2.75, 3.05) is 19.3 Å². The van der Waals surface area contributed by atoms with Crippen LogP contribution >= 0.6 is 11.3 Å². The summed E-state index contributed by atoms with van der Waals surface area (Å²) in [6, 6.07) is 5.56. The van der Waals surface area contributed by atoms with E-state index in [4.69, 9.17) is 16.9 Å². The first-order valence-electron chi connectivity index (χ1n) is 9.27. The maximum Gasteiger partial charge on any atom is 0.167 e. The van der Waals surface area contributed by atoms with Crippen LogP contribution < -0.4 is 11.5 Å². The molecule has 10 heteroatoms. The topological polar surface area (TPSA) is 139 Å². The van der Waals surface area contributed by atoms with Crippen LogP contribution in [-0.4, -0.2) is 51.9 Å². The molecule has 0 aliphatic rings. The van der Waals surface area contributed by atoms with Gasteiger partial charge < -0.3 is 21.4 Å². The third kappa shape index (κ3) is 4.71. The number of fused-ring (bicyclic) bond motifs is 1. The molecular weight excluding hydrogens is 400 g/mol. The number of hydrazone groups is 1. The number of aryl methyl sites for hydroxylation is 1. The van der Waals surface area contributed by atoms with Crippen molar-refractivity contribution in [1.82, 2.24) is 19.5 Å². The number of anilines is 1. The van der Waals surface area contributed by atoms with E-state index in [0.29, 0.717) is 42.2 Å². The summed E-state index contributed by atoms with van der Waals surface area (Å²) >= 11 is 1.47. The van der Waals surface area contributed by atoms with Gasteiger partial charge in [-0.05, 0) is 18.2 Å². The summed E-state index contributed by atoms with van der Waals surface area (Å²) in [6.07, 6.45) is 6.35. The minimum atomic E-state index is 0.453. The monoisotopic (exact) mass is 424 g/mol. The Hall–Kier alpha value is -3.53. The Morgan fingerprint density at radius 2 is 2.20 bits per heavy atom. The van der Waals surface area contributed by atoms with Crippen molar-refractivity contribution >= 4 is 46.2 Å². The van der Waals surface area contributed by atoms with Crippen LogP contribution in [0.3, 0.4) is 0 Å². The number of carbonyl (C=O) groups excluding carboxylic acids is 1. The van der Waals surface area contributed by atoms with Crippen LogP contribution in [0, 0.1) is 5.41 Å². The second kappa shape index (κ2) is 9.31. The highest BCUT2D eigenvalue weighted by Crippen LogP contribution is 2.29. The van der Waals surface area contributed by atoms with Crippen molar-refractivity contribution in [3.8, 4) is 0 Å². The zero-order valence-corrected chi connectivity index (χ0v) is 17.7. The van der Waals surface area contributed by atoms with E-state index in [0.717, 1.165) is 33.5 Å². The summed E-state index contributed by atoms with van der Waals surface area (Å²) in [5.74, 6) is 0.498. The zero-order valence-electron chi connectivity index (χ0n) is 16.9. The number of likely N-dealkylation sites (N-methyl/N-ethyl adjacent to an activating group) is 1. The molecule has 0 radical (unpaired) electrons. The molecule has 0 aliphatic heterocycles. The molecule has 0 amide bonds. The maximum absolute atomic E-state index is 11.7. The molecule has 0 aromatic carbocycles. The van der Waals surface area contributed by atoms with Crippen LogP contribution in [0.25, 0.3) is 10.3 Å². The molecule has 3 aromatic heterocycles. The van der Waals surface area contributed by atoms with Crippen molar-refractivity contribution in [2.24, 2.45) is 17.9 Å².